The molecule has 0 radical (unpaired) electrons. The lowest BCUT2D eigenvalue weighted by molar-refractivity contribution is -0.146. The number of hydrogen-bond donors (Lipinski definition) is 2. The van der Waals surface area contributed by atoms with Crippen LogP contribution in [0.4, 0.5) is 5.69 Å². The Labute approximate surface area is 205 Å². The van der Waals surface area contributed by atoms with Crippen molar-refractivity contribution in [3.05, 3.63) is 59.2 Å². The first kappa shape index (κ1) is 24.7. The van der Waals surface area contributed by atoms with Crippen molar-refractivity contribution in [1.82, 2.24) is 9.91 Å². The molecule has 1 atom stereocenters. The summed E-state index contributed by atoms with van der Waals surface area (Å²) >= 11 is 0. The highest BCUT2D eigenvalue weighted by molar-refractivity contribution is 6.04. The molecule has 0 bridgehead atoms. The molecule has 1 saturated heterocycles. The average molecular weight is 481 g/mol. The minimum Gasteiger partial charge on any atom is -0.493 e. The maximum atomic E-state index is 12.7. The minimum absolute atomic E-state index is 0.0129. The third-order valence-electron chi connectivity index (χ3n) is 6.14. The van der Waals surface area contributed by atoms with E-state index in [1.165, 1.54) is 0 Å². The Hall–Kier alpha value is -3.43. The molecule has 0 aliphatic carbocycles. The molecular formula is C26H32N4O5. The summed E-state index contributed by atoms with van der Waals surface area (Å²) in [5, 5.41) is 18.3. The van der Waals surface area contributed by atoms with Crippen LogP contribution in [0.25, 0.3) is 0 Å². The van der Waals surface area contributed by atoms with Gasteiger partial charge in [-0.2, -0.15) is 5.10 Å². The van der Waals surface area contributed by atoms with Crippen molar-refractivity contribution >= 4 is 23.8 Å². The van der Waals surface area contributed by atoms with Crippen molar-refractivity contribution in [3.63, 3.8) is 0 Å². The Bertz CT molecular complexity index is 1050. The number of hydrazone groups is 1. The Kier molecular flexibility index (Phi) is 8.33. The number of nitrogens with zero attached hydrogens (tertiary/aromatic N) is 3. The van der Waals surface area contributed by atoms with E-state index in [0.29, 0.717) is 30.0 Å². The molecule has 0 spiro atoms. The number of anilines is 1. The van der Waals surface area contributed by atoms with Crippen LogP contribution < -0.4 is 10.1 Å². The van der Waals surface area contributed by atoms with Crippen molar-refractivity contribution in [1.29, 1.82) is 0 Å². The molecule has 186 valence electrons. The predicted molar refractivity (Wildman–Crippen MR) is 133 cm³/mol. The van der Waals surface area contributed by atoms with E-state index >= 15 is 0 Å². The van der Waals surface area contributed by atoms with Crippen molar-refractivity contribution in [3.8, 4) is 5.75 Å². The van der Waals surface area contributed by atoms with Crippen molar-refractivity contribution in [2.24, 2.45) is 11.0 Å². The lowest BCUT2D eigenvalue weighted by Crippen LogP contribution is -2.41. The van der Waals surface area contributed by atoms with Crippen LogP contribution in [0.3, 0.4) is 0 Å². The molecule has 0 saturated carbocycles. The summed E-state index contributed by atoms with van der Waals surface area (Å²) in [5.74, 6) is 0.190. The van der Waals surface area contributed by atoms with E-state index in [-0.39, 0.29) is 37.4 Å². The molecule has 2 aromatic carbocycles. The Morgan fingerprint density at radius 1 is 1.17 bits per heavy atom. The van der Waals surface area contributed by atoms with Gasteiger partial charge in [-0.1, -0.05) is 18.2 Å². The number of esters is 1. The molecule has 2 aromatic rings. The summed E-state index contributed by atoms with van der Waals surface area (Å²) in [6.07, 6.45) is 2.76. The van der Waals surface area contributed by atoms with Gasteiger partial charge >= 0.3 is 5.97 Å². The van der Waals surface area contributed by atoms with Gasteiger partial charge in [-0.05, 0) is 42.8 Å². The molecular weight excluding hydrogens is 448 g/mol. The van der Waals surface area contributed by atoms with Gasteiger partial charge in [0.15, 0.2) is 0 Å². The van der Waals surface area contributed by atoms with Gasteiger partial charge in [-0.25, -0.2) is 0 Å². The number of ether oxygens (including phenoxy) is 2. The number of aliphatic hydroxyl groups is 1. The van der Waals surface area contributed by atoms with Gasteiger partial charge in [0, 0.05) is 49.4 Å². The normalized spacial score (nSPS) is 18.1. The third-order valence-corrected chi connectivity index (χ3v) is 6.14. The maximum Gasteiger partial charge on any atom is 0.306 e. The lowest BCUT2D eigenvalue weighted by Gasteiger charge is -2.30. The zero-order chi connectivity index (χ0) is 24.6. The van der Waals surface area contributed by atoms with Crippen LogP contribution in [-0.4, -0.2) is 86.2 Å². The summed E-state index contributed by atoms with van der Waals surface area (Å²) in [7, 11) is 2.11. The van der Waals surface area contributed by atoms with E-state index in [2.05, 4.69) is 27.4 Å². The highest BCUT2D eigenvalue weighted by atomic mass is 16.5. The number of likely N-dealkylation sites (N-methyl/N-ethyl adjacent to an activating group) is 1. The summed E-state index contributed by atoms with van der Waals surface area (Å²) in [6, 6.07) is 12.9. The number of carbonyl (C=O) groups excluding carboxylic acids is 2. The second kappa shape index (κ2) is 11.8. The number of fused-ring (bicyclic) bond motifs is 1. The highest BCUT2D eigenvalue weighted by Crippen LogP contribution is 2.31. The van der Waals surface area contributed by atoms with E-state index < -0.39 is 0 Å². The highest BCUT2D eigenvalue weighted by Gasteiger charge is 2.23. The number of carbonyl (C=O) groups is 2. The van der Waals surface area contributed by atoms with E-state index in [9.17, 15) is 9.59 Å². The van der Waals surface area contributed by atoms with Crippen molar-refractivity contribution in [2.75, 3.05) is 58.4 Å². The number of benzene rings is 2. The van der Waals surface area contributed by atoms with E-state index in [1.807, 2.05) is 36.5 Å². The van der Waals surface area contributed by atoms with Gasteiger partial charge in [0.25, 0.3) is 5.91 Å². The van der Waals surface area contributed by atoms with E-state index in [0.717, 1.165) is 37.3 Å². The van der Waals surface area contributed by atoms with Crippen LogP contribution in [0.5, 0.6) is 5.75 Å². The number of nitrogens with one attached hydrogen (secondary N) is 1. The largest absolute Gasteiger partial charge is 0.493 e. The Morgan fingerprint density at radius 3 is 2.69 bits per heavy atom. The van der Waals surface area contributed by atoms with E-state index in [4.69, 9.17) is 14.6 Å². The Morgan fingerprint density at radius 2 is 1.94 bits per heavy atom. The summed E-state index contributed by atoms with van der Waals surface area (Å²) in [6.45, 7) is 4.07. The topological polar surface area (TPSA) is 104 Å². The van der Waals surface area contributed by atoms with Crippen LogP contribution >= 0.6 is 0 Å². The maximum absolute atomic E-state index is 12.7. The Balaban J connectivity index is 1.29. The molecule has 2 aliphatic heterocycles. The number of amides is 1. The van der Waals surface area contributed by atoms with Crippen molar-refractivity contribution in [2.45, 2.75) is 12.8 Å². The molecule has 35 heavy (non-hydrogen) atoms. The van der Waals surface area contributed by atoms with Crippen molar-refractivity contribution < 1.29 is 24.2 Å². The van der Waals surface area contributed by atoms with Crippen LogP contribution in [0, 0.1) is 5.92 Å². The minimum atomic E-state index is -0.336. The van der Waals surface area contributed by atoms with Gasteiger partial charge in [-0.3, -0.25) is 14.6 Å². The van der Waals surface area contributed by atoms with Gasteiger partial charge in [-0.15, -0.1) is 0 Å². The van der Waals surface area contributed by atoms with Gasteiger partial charge < -0.3 is 24.8 Å². The second-order valence-electron chi connectivity index (χ2n) is 8.93. The zero-order valence-corrected chi connectivity index (χ0v) is 20.0. The van der Waals surface area contributed by atoms with Gasteiger partial charge in [0.05, 0.1) is 25.8 Å². The average Bonchev–Trinajstić information content (AvgIpc) is 2.87. The van der Waals surface area contributed by atoms with Crippen LogP contribution in [0.1, 0.15) is 27.9 Å². The molecule has 4 rings (SSSR count). The molecule has 9 nitrogen and oxygen atoms in total. The molecule has 0 aromatic heterocycles. The van der Waals surface area contributed by atoms with Crippen LogP contribution in [0.2, 0.25) is 0 Å². The summed E-state index contributed by atoms with van der Waals surface area (Å²) in [5.41, 5.74) is 3.13. The molecule has 1 fully saturated rings. The van der Waals surface area contributed by atoms with Crippen LogP contribution in [-0.2, 0) is 16.0 Å². The predicted octanol–water partition coefficient (Wildman–Crippen LogP) is 2.00. The fourth-order valence-corrected chi connectivity index (χ4v) is 4.08. The van der Waals surface area contributed by atoms with Gasteiger partial charge in [0.1, 0.15) is 12.4 Å². The number of hydrogen-bond acceptors (Lipinski definition) is 8. The second-order valence-corrected chi connectivity index (χ2v) is 8.93. The first-order chi connectivity index (χ1) is 17.0. The summed E-state index contributed by atoms with van der Waals surface area (Å²) in [4.78, 5) is 26.8. The molecule has 2 N–H and O–H groups in total. The molecule has 1 unspecified atom stereocenters. The molecule has 9 heteroatoms. The molecule has 2 heterocycles. The van der Waals surface area contributed by atoms with Crippen LogP contribution in [0.15, 0.2) is 47.6 Å². The smallest absolute Gasteiger partial charge is 0.306 e. The number of rotatable bonds is 8. The standard InChI is InChI=1S/C26H32N4O5/c1-29-8-10-30(11-9-29)27-17-19-2-4-21(5-3-19)26(33)28-23-7-6-22-14-20(18-35-24(22)16-23)15-25(32)34-13-12-31/h2-7,16-17,20,31H,8-15,18H2,1H3,(H,28,33). The monoisotopic (exact) mass is 480 g/mol. The first-order valence-corrected chi connectivity index (χ1v) is 11.9. The molecule has 2 aliphatic rings. The zero-order valence-electron chi connectivity index (χ0n) is 20.0. The quantitative estimate of drug-likeness (QED) is 0.440. The summed E-state index contributed by atoms with van der Waals surface area (Å²) < 4.78 is 10.8. The first-order valence-electron chi connectivity index (χ1n) is 11.9. The lowest BCUT2D eigenvalue weighted by atomic mass is 9.94. The third kappa shape index (κ3) is 7.03. The van der Waals surface area contributed by atoms with E-state index in [1.54, 1.807) is 12.1 Å². The molecule has 1 amide bonds. The number of aliphatic hydroxyl groups excluding tert-OH is 1. The van der Waals surface area contributed by atoms with Gasteiger partial charge in [0.2, 0.25) is 0 Å². The number of piperazine rings is 1. The SMILES string of the molecule is CN1CCN(N=Cc2ccc(C(=O)Nc3ccc4c(c3)OCC(CC(=O)OCCO)C4)cc2)CC1. The fourth-order valence-electron chi connectivity index (χ4n) is 4.08. The fraction of sp³-hybridized carbons (Fsp3) is 0.423.